The smallest absolute Gasteiger partial charge is 0.131 e. The van der Waals surface area contributed by atoms with Crippen LogP contribution in [0.1, 0.15) is 16.8 Å². The molecule has 19 heavy (non-hydrogen) atoms. The van der Waals surface area contributed by atoms with Crippen LogP contribution in [0, 0.1) is 25.2 Å². The van der Waals surface area contributed by atoms with Crippen molar-refractivity contribution in [3.8, 4) is 6.07 Å². The van der Waals surface area contributed by atoms with Gasteiger partial charge in [-0.2, -0.15) is 5.26 Å². The minimum absolute atomic E-state index is 0.511. The maximum Gasteiger partial charge on any atom is 0.131 e. The van der Waals surface area contributed by atoms with Crippen molar-refractivity contribution in [2.75, 3.05) is 5.32 Å². The standard InChI is InChI=1S/C14H11Cl2N3/c1-8-3-4-11(15)14(13(8)16)19-12-6-10(7-17)5-9(2)18-12/h3-6H,1-2H3,(H,18,19). The first kappa shape index (κ1) is 13.7. The lowest BCUT2D eigenvalue weighted by Gasteiger charge is -2.12. The fourth-order valence-electron chi connectivity index (χ4n) is 1.70. The average Bonchev–Trinajstić information content (AvgIpc) is 2.38. The molecule has 1 N–H and O–H groups in total. The minimum atomic E-state index is 0.511. The molecule has 0 fully saturated rings. The second kappa shape index (κ2) is 5.48. The Bertz CT molecular complexity index is 675. The number of pyridine rings is 1. The van der Waals surface area contributed by atoms with Gasteiger partial charge in [0.25, 0.3) is 0 Å². The minimum Gasteiger partial charge on any atom is -0.338 e. The number of benzene rings is 1. The summed E-state index contributed by atoms with van der Waals surface area (Å²) in [6.07, 6.45) is 0. The molecule has 96 valence electrons. The van der Waals surface area contributed by atoms with Gasteiger partial charge in [-0.05, 0) is 37.6 Å². The second-order valence-corrected chi connectivity index (χ2v) is 4.96. The molecule has 1 aromatic heterocycles. The van der Waals surface area contributed by atoms with Gasteiger partial charge in [0, 0.05) is 5.69 Å². The highest BCUT2D eigenvalue weighted by atomic mass is 35.5. The number of aryl methyl sites for hydroxylation is 2. The molecule has 3 nitrogen and oxygen atoms in total. The molecule has 1 aromatic carbocycles. The van der Waals surface area contributed by atoms with Crippen molar-refractivity contribution in [2.45, 2.75) is 13.8 Å². The molecule has 0 aliphatic heterocycles. The number of nitrogens with one attached hydrogen (secondary N) is 1. The van der Waals surface area contributed by atoms with Crippen LogP contribution in [0.2, 0.25) is 10.0 Å². The number of halogens is 2. The van der Waals surface area contributed by atoms with E-state index in [1.807, 2.05) is 19.9 Å². The van der Waals surface area contributed by atoms with E-state index in [1.165, 1.54) is 0 Å². The number of nitriles is 1. The van der Waals surface area contributed by atoms with Crippen molar-refractivity contribution >= 4 is 34.7 Å². The molecule has 0 saturated carbocycles. The van der Waals surface area contributed by atoms with Gasteiger partial charge < -0.3 is 5.32 Å². The highest BCUT2D eigenvalue weighted by Crippen LogP contribution is 2.34. The monoisotopic (exact) mass is 291 g/mol. The Kier molecular flexibility index (Phi) is 3.94. The van der Waals surface area contributed by atoms with Crippen molar-refractivity contribution < 1.29 is 0 Å². The van der Waals surface area contributed by atoms with E-state index < -0.39 is 0 Å². The largest absolute Gasteiger partial charge is 0.338 e. The van der Waals surface area contributed by atoms with Crippen LogP contribution in [0.4, 0.5) is 11.5 Å². The molecule has 1 heterocycles. The highest BCUT2D eigenvalue weighted by Gasteiger charge is 2.10. The second-order valence-electron chi connectivity index (χ2n) is 4.17. The lowest BCUT2D eigenvalue weighted by Crippen LogP contribution is -1.98. The van der Waals surface area contributed by atoms with Gasteiger partial charge in [-0.3, -0.25) is 0 Å². The molecule has 0 radical (unpaired) electrons. The zero-order valence-electron chi connectivity index (χ0n) is 10.5. The summed E-state index contributed by atoms with van der Waals surface area (Å²) >= 11 is 12.3. The average molecular weight is 292 g/mol. The lowest BCUT2D eigenvalue weighted by atomic mass is 10.2. The van der Waals surface area contributed by atoms with Gasteiger partial charge in [0.05, 0.1) is 27.4 Å². The third kappa shape index (κ3) is 2.98. The summed E-state index contributed by atoms with van der Waals surface area (Å²) in [6.45, 7) is 3.72. The third-order valence-electron chi connectivity index (χ3n) is 2.62. The fraction of sp³-hybridized carbons (Fsp3) is 0.143. The first-order chi connectivity index (χ1) is 9.01. The summed E-state index contributed by atoms with van der Waals surface area (Å²) < 4.78 is 0. The van der Waals surface area contributed by atoms with Crippen molar-refractivity contribution in [3.63, 3.8) is 0 Å². The van der Waals surface area contributed by atoms with E-state index >= 15 is 0 Å². The predicted octanol–water partition coefficient (Wildman–Crippen LogP) is 4.62. The van der Waals surface area contributed by atoms with Crippen LogP contribution < -0.4 is 5.32 Å². The third-order valence-corrected chi connectivity index (χ3v) is 3.42. The Morgan fingerprint density at radius 3 is 2.63 bits per heavy atom. The van der Waals surface area contributed by atoms with Gasteiger partial charge in [-0.1, -0.05) is 29.3 Å². The van der Waals surface area contributed by atoms with Crippen LogP contribution in [0.3, 0.4) is 0 Å². The summed E-state index contributed by atoms with van der Waals surface area (Å²) in [5.74, 6) is 0.547. The fourth-order valence-corrected chi connectivity index (χ4v) is 2.16. The van der Waals surface area contributed by atoms with Crippen molar-refractivity contribution in [1.29, 1.82) is 5.26 Å². The number of hydrogen-bond acceptors (Lipinski definition) is 3. The summed E-state index contributed by atoms with van der Waals surface area (Å²) in [7, 11) is 0. The molecular weight excluding hydrogens is 281 g/mol. The van der Waals surface area contributed by atoms with Gasteiger partial charge in [-0.25, -0.2) is 4.98 Å². The number of hydrogen-bond donors (Lipinski definition) is 1. The predicted molar refractivity (Wildman–Crippen MR) is 78.2 cm³/mol. The topological polar surface area (TPSA) is 48.7 Å². The normalized spacial score (nSPS) is 10.1. The number of aromatic nitrogens is 1. The molecule has 0 aliphatic carbocycles. The number of rotatable bonds is 2. The molecule has 2 aromatic rings. The zero-order chi connectivity index (χ0) is 14.0. The first-order valence-electron chi connectivity index (χ1n) is 5.61. The van der Waals surface area contributed by atoms with Gasteiger partial charge >= 0.3 is 0 Å². The summed E-state index contributed by atoms with van der Waals surface area (Å²) in [5.41, 5.74) is 2.81. The van der Waals surface area contributed by atoms with Crippen LogP contribution in [0.15, 0.2) is 24.3 Å². The first-order valence-corrected chi connectivity index (χ1v) is 6.37. The van der Waals surface area contributed by atoms with Crippen molar-refractivity contribution in [2.24, 2.45) is 0 Å². The molecule has 0 aliphatic rings. The molecule has 2 rings (SSSR count). The van der Waals surface area contributed by atoms with Crippen molar-refractivity contribution in [1.82, 2.24) is 4.98 Å². The van der Waals surface area contributed by atoms with Crippen LogP contribution in [-0.2, 0) is 0 Å². The van der Waals surface area contributed by atoms with Crippen LogP contribution in [0.5, 0.6) is 0 Å². The lowest BCUT2D eigenvalue weighted by molar-refractivity contribution is 1.19. The van der Waals surface area contributed by atoms with Crippen LogP contribution in [-0.4, -0.2) is 4.98 Å². The Morgan fingerprint density at radius 2 is 1.95 bits per heavy atom. The van der Waals surface area contributed by atoms with E-state index in [2.05, 4.69) is 16.4 Å². The van der Waals surface area contributed by atoms with Crippen LogP contribution in [0.25, 0.3) is 0 Å². The van der Waals surface area contributed by atoms with Gasteiger partial charge in [-0.15, -0.1) is 0 Å². The molecule has 0 saturated heterocycles. The van der Waals surface area contributed by atoms with E-state index in [0.717, 1.165) is 11.3 Å². The molecule has 0 spiro atoms. The van der Waals surface area contributed by atoms with E-state index in [-0.39, 0.29) is 0 Å². The van der Waals surface area contributed by atoms with E-state index in [9.17, 15) is 0 Å². The molecule has 0 bridgehead atoms. The summed E-state index contributed by atoms with van der Waals surface area (Å²) in [4.78, 5) is 4.31. The van der Waals surface area contributed by atoms with Gasteiger partial charge in [0.1, 0.15) is 5.82 Å². The molecular formula is C14H11Cl2N3. The zero-order valence-corrected chi connectivity index (χ0v) is 12.0. The molecule has 0 unspecified atom stereocenters. The van der Waals surface area contributed by atoms with Crippen molar-refractivity contribution in [3.05, 3.63) is 51.1 Å². The van der Waals surface area contributed by atoms with Gasteiger partial charge in [0.15, 0.2) is 0 Å². The van der Waals surface area contributed by atoms with E-state index in [0.29, 0.717) is 27.1 Å². The van der Waals surface area contributed by atoms with E-state index in [4.69, 9.17) is 28.5 Å². The Labute approximate surface area is 121 Å². The number of nitrogens with zero attached hydrogens (tertiary/aromatic N) is 2. The Balaban J connectivity index is 2.45. The molecule has 0 atom stereocenters. The Morgan fingerprint density at radius 1 is 1.21 bits per heavy atom. The SMILES string of the molecule is Cc1cc(C#N)cc(Nc2c(Cl)ccc(C)c2Cl)n1. The Hall–Kier alpha value is -1.76. The summed E-state index contributed by atoms with van der Waals surface area (Å²) in [6, 6.07) is 9.07. The van der Waals surface area contributed by atoms with Gasteiger partial charge in [0.2, 0.25) is 0 Å². The van der Waals surface area contributed by atoms with Crippen LogP contribution >= 0.6 is 23.2 Å². The molecule has 0 amide bonds. The number of anilines is 2. The maximum absolute atomic E-state index is 8.95. The maximum atomic E-state index is 8.95. The summed E-state index contributed by atoms with van der Waals surface area (Å²) in [5, 5.41) is 13.1. The van der Waals surface area contributed by atoms with E-state index in [1.54, 1.807) is 18.2 Å². The highest BCUT2D eigenvalue weighted by molar-refractivity contribution is 6.39. The quantitative estimate of drug-likeness (QED) is 0.878. The molecule has 5 heteroatoms.